The number of halogens is 1. The van der Waals surface area contributed by atoms with Crippen LogP contribution in [0.15, 0.2) is 23.1 Å². The van der Waals surface area contributed by atoms with E-state index in [1.54, 1.807) is 25.2 Å². The lowest BCUT2D eigenvalue weighted by Crippen LogP contribution is -2.44. The Morgan fingerprint density at radius 1 is 1.40 bits per heavy atom. The summed E-state index contributed by atoms with van der Waals surface area (Å²) in [6, 6.07) is 5.26. The fraction of sp³-hybridized carbons (Fsp3) is 0.571. The van der Waals surface area contributed by atoms with Crippen LogP contribution in [0.3, 0.4) is 0 Å². The van der Waals surface area contributed by atoms with E-state index in [0.717, 1.165) is 31.4 Å². The van der Waals surface area contributed by atoms with Gasteiger partial charge in [-0.15, -0.1) is 0 Å². The third-order valence-electron chi connectivity index (χ3n) is 3.67. The van der Waals surface area contributed by atoms with Crippen LogP contribution in [0, 0.1) is 6.92 Å². The number of rotatable bonds is 4. The van der Waals surface area contributed by atoms with Crippen LogP contribution in [0.4, 0.5) is 0 Å². The summed E-state index contributed by atoms with van der Waals surface area (Å²) in [5.74, 6) is 0. The molecule has 0 radical (unpaired) electrons. The Hall–Kier alpha value is -0.620. The minimum atomic E-state index is -3.52. The van der Waals surface area contributed by atoms with E-state index in [-0.39, 0.29) is 16.0 Å². The number of hydrogen-bond acceptors (Lipinski definition) is 3. The maximum atomic E-state index is 12.6. The summed E-state index contributed by atoms with van der Waals surface area (Å²) < 4.78 is 26.5. The van der Waals surface area contributed by atoms with Crippen LogP contribution in [0.25, 0.3) is 0 Å². The second-order valence-electron chi connectivity index (χ2n) is 5.37. The van der Waals surface area contributed by atoms with E-state index in [9.17, 15) is 8.42 Å². The van der Waals surface area contributed by atoms with Crippen LogP contribution >= 0.6 is 11.6 Å². The van der Waals surface area contributed by atoms with E-state index in [1.807, 2.05) is 6.92 Å². The molecule has 1 saturated heterocycles. The van der Waals surface area contributed by atoms with Crippen LogP contribution in [-0.4, -0.2) is 38.9 Å². The van der Waals surface area contributed by atoms with Crippen molar-refractivity contribution in [2.45, 2.75) is 37.1 Å². The van der Waals surface area contributed by atoms with Gasteiger partial charge in [0.05, 0.1) is 5.02 Å². The summed E-state index contributed by atoms with van der Waals surface area (Å²) in [5, 5.41) is 3.64. The highest BCUT2D eigenvalue weighted by Gasteiger charge is 2.26. The Morgan fingerprint density at radius 3 is 2.75 bits per heavy atom. The molecule has 1 aliphatic rings. The van der Waals surface area contributed by atoms with Crippen LogP contribution in [-0.2, 0) is 10.0 Å². The lowest BCUT2D eigenvalue weighted by molar-refractivity contribution is 0.337. The first-order chi connectivity index (χ1) is 9.41. The molecule has 1 atom stereocenters. The molecule has 112 valence electrons. The summed E-state index contributed by atoms with van der Waals surface area (Å²) >= 11 is 6.08. The number of benzene rings is 1. The number of likely N-dealkylation sites (N-methyl/N-ethyl adjacent to an activating group) is 1. The van der Waals surface area contributed by atoms with Gasteiger partial charge in [-0.3, -0.25) is 0 Å². The number of nitrogens with one attached hydrogen (secondary N) is 1. The van der Waals surface area contributed by atoms with Crippen molar-refractivity contribution >= 4 is 21.6 Å². The Kier molecular flexibility index (Phi) is 5.07. The minimum absolute atomic E-state index is 0.183. The molecule has 1 N–H and O–H groups in total. The highest BCUT2D eigenvalue weighted by molar-refractivity contribution is 7.89. The quantitative estimate of drug-likeness (QED) is 0.928. The predicted molar refractivity (Wildman–Crippen MR) is 81.6 cm³/mol. The Bertz CT molecular complexity index is 569. The van der Waals surface area contributed by atoms with E-state index >= 15 is 0 Å². The molecule has 0 saturated carbocycles. The summed E-state index contributed by atoms with van der Waals surface area (Å²) in [6.45, 7) is 3.33. The highest BCUT2D eigenvalue weighted by Crippen LogP contribution is 2.25. The van der Waals surface area contributed by atoms with E-state index in [1.165, 1.54) is 4.31 Å². The molecule has 1 heterocycles. The van der Waals surface area contributed by atoms with Gasteiger partial charge in [-0.1, -0.05) is 24.1 Å². The van der Waals surface area contributed by atoms with Crippen LogP contribution in [0.1, 0.15) is 24.8 Å². The first-order valence-corrected chi connectivity index (χ1v) is 8.69. The van der Waals surface area contributed by atoms with Gasteiger partial charge in [0, 0.05) is 19.6 Å². The zero-order valence-electron chi connectivity index (χ0n) is 11.9. The van der Waals surface area contributed by atoms with Crippen LogP contribution in [0.5, 0.6) is 0 Å². The smallest absolute Gasteiger partial charge is 0.244 e. The number of hydrogen-bond donors (Lipinski definition) is 1. The molecule has 4 nitrogen and oxygen atoms in total. The monoisotopic (exact) mass is 316 g/mol. The van der Waals surface area contributed by atoms with E-state index < -0.39 is 10.0 Å². The lowest BCUT2D eigenvalue weighted by Gasteiger charge is -2.28. The van der Waals surface area contributed by atoms with E-state index in [0.29, 0.717) is 6.54 Å². The van der Waals surface area contributed by atoms with Crippen molar-refractivity contribution in [3.63, 3.8) is 0 Å². The Morgan fingerprint density at radius 2 is 2.15 bits per heavy atom. The second kappa shape index (κ2) is 6.43. The third kappa shape index (κ3) is 3.52. The first kappa shape index (κ1) is 15.8. The van der Waals surface area contributed by atoms with Crippen molar-refractivity contribution in [3.8, 4) is 0 Å². The maximum absolute atomic E-state index is 12.6. The standard InChI is InChI=1S/C14H21ClN2O2S/c1-11-6-7-14(13(15)9-11)20(18,19)17(2)10-12-5-3-4-8-16-12/h6-7,9,12,16H,3-5,8,10H2,1-2H3. The van der Waals surface area contributed by atoms with Crippen molar-refractivity contribution in [2.24, 2.45) is 0 Å². The van der Waals surface area contributed by atoms with Gasteiger partial charge < -0.3 is 5.32 Å². The number of piperidine rings is 1. The average molecular weight is 317 g/mol. The SMILES string of the molecule is Cc1ccc(S(=O)(=O)N(C)CC2CCCCN2)c(Cl)c1. The molecule has 1 aromatic rings. The summed E-state index contributed by atoms with van der Waals surface area (Å²) in [4.78, 5) is 0.183. The van der Waals surface area contributed by atoms with Gasteiger partial charge in [-0.05, 0) is 44.0 Å². The Balaban J connectivity index is 2.16. The fourth-order valence-electron chi connectivity index (χ4n) is 2.47. The molecular weight excluding hydrogens is 296 g/mol. The minimum Gasteiger partial charge on any atom is -0.313 e. The molecule has 1 fully saturated rings. The summed E-state index contributed by atoms with van der Waals surface area (Å²) in [7, 11) is -1.91. The van der Waals surface area contributed by atoms with Gasteiger partial charge in [0.25, 0.3) is 0 Å². The van der Waals surface area contributed by atoms with Crippen LogP contribution < -0.4 is 5.32 Å². The molecule has 2 rings (SSSR count). The largest absolute Gasteiger partial charge is 0.313 e. The highest BCUT2D eigenvalue weighted by atomic mass is 35.5. The first-order valence-electron chi connectivity index (χ1n) is 6.87. The molecule has 20 heavy (non-hydrogen) atoms. The van der Waals surface area contributed by atoms with Gasteiger partial charge in [0.2, 0.25) is 10.0 Å². The fourth-order valence-corrected chi connectivity index (χ4v) is 4.26. The molecule has 0 aliphatic carbocycles. The van der Waals surface area contributed by atoms with Crippen molar-refractivity contribution in [2.75, 3.05) is 20.1 Å². The lowest BCUT2D eigenvalue weighted by atomic mass is 10.1. The van der Waals surface area contributed by atoms with Crippen molar-refractivity contribution in [1.82, 2.24) is 9.62 Å². The number of sulfonamides is 1. The van der Waals surface area contributed by atoms with E-state index in [4.69, 9.17) is 11.6 Å². The molecule has 6 heteroatoms. The Labute approximate surface area is 126 Å². The number of nitrogens with zero attached hydrogens (tertiary/aromatic N) is 1. The molecule has 0 amide bonds. The molecule has 0 bridgehead atoms. The normalized spacial score (nSPS) is 20.3. The molecular formula is C14H21ClN2O2S. The van der Waals surface area contributed by atoms with Crippen molar-refractivity contribution in [3.05, 3.63) is 28.8 Å². The van der Waals surface area contributed by atoms with Gasteiger partial charge in [0.15, 0.2) is 0 Å². The summed E-state index contributed by atoms with van der Waals surface area (Å²) in [6.07, 6.45) is 3.33. The zero-order valence-corrected chi connectivity index (χ0v) is 13.5. The van der Waals surface area contributed by atoms with Crippen LogP contribution in [0.2, 0.25) is 5.02 Å². The second-order valence-corrected chi connectivity index (χ2v) is 7.79. The van der Waals surface area contributed by atoms with Gasteiger partial charge >= 0.3 is 0 Å². The molecule has 0 aromatic heterocycles. The van der Waals surface area contributed by atoms with Gasteiger partial charge in [-0.25, -0.2) is 8.42 Å². The molecule has 1 aliphatic heterocycles. The van der Waals surface area contributed by atoms with Gasteiger partial charge in [0.1, 0.15) is 4.90 Å². The zero-order chi connectivity index (χ0) is 14.8. The predicted octanol–water partition coefficient (Wildman–Crippen LogP) is 2.41. The molecule has 1 unspecified atom stereocenters. The van der Waals surface area contributed by atoms with Crippen molar-refractivity contribution in [1.29, 1.82) is 0 Å². The summed E-state index contributed by atoms with van der Waals surface area (Å²) in [5.41, 5.74) is 0.950. The topological polar surface area (TPSA) is 49.4 Å². The average Bonchev–Trinajstić information content (AvgIpc) is 2.39. The van der Waals surface area contributed by atoms with Crippen molar-refractivity contribution < 1.29 is 8.42 Å². The molecule has 1 aromatic carbocycles. The van der Waals surface area contributed by atoms with Gasteiger partial charge in [-0.2, -0.15) is 4.31 Å². The number of aryl methyl sites for hydroxylation is 1. The third-order valence-corrected chi connectivity index (χ3v) is 5.97. The molecule has 0 spiro atoms. The maximum Gasteiger partial charge on any atom is 0.244 e. The van der Waals surface area contributed by atoms with E-state index in [2.05, 4.69) is 5.32 Å².